The molecule has 0 saturated heterocycles. The molecule has 1 heterocycles. The van der Waals surface area contributed by atoms with Gasteiger partial charge >= 0.3 is 11.9 Å². The molecule has 8 heteroatoms. The van der Waals surface area contributed by atoms with Gasteiger partial charge in [-0.2, -0.15) is 0 Å². The molecule has 0 aliphatic rings. The van der Waals surface area contributed by atoms with Crippen molar-refractivity contribution in [2.75, 3.05) is 11.9 Å². The number of aromatic nitrogens is 1. The fourth-order valence-corrected chi connectivity index (χ4v) is 2.29. The van der Waals surface area contributed by atoms with Crippen molar-refractivity contribution in [1.29, 1.82) is 0 Å². The third-order valence-electron chi connectivity index (χ3n) is 2.47. The molecule has 0 unspecified atom stereocenters. The number of aromatic carboxylic acids is 1. The molecule has 104 valence electrons. The molecular weight excluding hydrogens is 307 g/mol. The van der Waals surface area contributed by atoms with Gasteiger partial charge in [0, 0.05) is 16.1 Å². The quantitative estimate of drug-likeness (QED) is 0.802. The number of hydrogen-bond acceptors (Lipinski definition) is 4. The molecule has 20 heavy (non-hydrogen) atoms. The molecule has 0 radical (unpaired) electrons. The molecule has 0 fully saturated rings. The first-order chi connectivity index (χ1) is 9.38. The number of carboxylic acid groups (broad SMARTS) is 2. The van der Waals surface area contributed by atoms with Crippen LogP contribution in [-0.4, -0.2) is 33.7 Å². The first kappa shape index (κ1) is 14.4. The van der Waals surface area contributed by atoms with Crippen molar-refractivity contribution in [3.05, 3.63) is 33.9 Å². The van der Waals surface area contributed by atoms with Gasteiger partial charge in [-0.3, -0.25) is 4.79 Å². The van der Waals surface area contributed by atoms with E-state index in [2.05, 4.69) is 10.3 Å². The zero-order chi connectivity index (χ0) is 14.9. The Bertz CT molecular complexity index is 718. The maximum Gasteiger partial charge on any atom is 0.354 e. The summed E-state index contributed by atoms with van der Waals surface area (Å²) in [4.78, 5) is 25.6. The van der Waals surface area contributed by atoms with Crippen LogP contribution in [0.4, 0.5) is 5.69 Å². The second-order valence-corrected chi connectivity index (χ2v) is 4.73. The fraction of sp³-hybridized carbons (Fsp3) is 0.0833. The van der Waals surface area contributed by atoms with E-state index in [1.807, 2.05) is 0 Å². The van der Waals surface area contributed by atoms with E-state index in [1.165, 1.54) is 18.2 Å². The van der Waals surface area contributed by atoms with Crippen LogP contribution in [0.3, 0.4) is 0 Å². The van der Waals surface area contributed by atoms with Gasteiger partial charge in [-0.1, -0.05) is 23.2 Å². The van der Waals surface area contributed by atoms with E-state index in [4.69, 9.17) is 33.4 Å². The number of hydrogen-bond donors (Lipinski definition) is 3. The Morgan fingerprint density at radius 3 is 2.50 bits per heavy atom. The fourth-order valence-electron chi connectivity index (χ4n) is 1.71. The van der Waals surface area contributed by atoms with Gasteiger partial charge in [-0.05, 0) is 18.2 Å². The molecule has 0 amide bonds. The zero-order valence-electron chi connectivity index (χ0n) is 9.85. The van der Waals surface area contributed by atoms with Crippen LogP contribution in [0.1, 0.15) is 10.5 Å². The molecule has 1 aromatic carbocycles. The summed E-state index contributed by atoms with van der Waals surface area (Å²) < 4.78 is 0. The third kappa shape index (κ3) is 2.92. The number of nitrogens with zero attached hydrogens (tertiary/aromatic N) is 1. The first-order valence-corrected chi connectivity index (χ1v) is 6.13. The number of carboxylic acids is 2. The number of aliphatic carboxylic acids is 1. The number of benzene rings is 1. The summed E-state index contributed by atoms with van der Waals surface area (Å²) in [6.07, 6.45) is 0. The number of anilines is 1. The van der Waals surface area contributed by atoms with Gasteiger partial charge < -0.3 is 15.5 Å². The van der Waals surface area contributed by atoms with Gasteiger partial charge in [0.2, 0.25) is 0 Å². The summed E-state index contributed by atoms with van der Waals surface area (Å²) in [6, 6.07) is 4.16. The second-order valence-electron chi connectivity index (χ2n) is 3.89. The van der Waals surface area contributed by atoms with Crippen molar-refractivity contribution < 1.29 is 19.8 Å². The van der Waals surface area contributed by atoms with Crippen molar-refractivity contribution in [2.45, 2.75) is 0 Å². The van der Waals surface area contributed by atoms with Crippen LogP contribution in [0.25, 0.3) is 10.9 Å². The maximum atomic E-state index is 11.0. The molecule has 0 saturated carbocycles. The molecule has 0 bridgehead atoms. The molecule has 0 atom stereocenters. The average Bonchev–Trinajstić information content (AvgIpc) is 2.34. The Kier molecular flexibility index (Phi) is 3.96. The first-order valence-electron chi connectivity index (χ1n) is 5.37. The lowest BCUT2D eigenvalue weighted by atomic mass is 10.1. The van der Waals surface area contributed by atoms with Gasteiger partial charge in [0.05, 0.1) is 10.5 Å². The minimum absolute atomic E-state index is 0.233. The predicted octanol–water partition coefficient (Wildman–Crippen LogP) is 2.74. The van der Waals surface area contributed by atoms with Gasteiger partial charge in [0.25, 0.3) is 0 Å². The summed E-state index contributed by atoms with van der Waals surface area (Å²) in [6.45, 7) is -0.378. The average molecular weight is 315 g/mol. The number of rotatable bonds is 4. The molecule has 1 aromatic heterocycles. The Balaban J connectivity index is 2.67. The number of halogens is 2. The standard InChI is InChI=1S/C12H8Cl2N2O4/c13-5-1-6(14)11-7(15-4-10(17)18)3-9(12(19)20)16-8(11)2-5/h1-3H,4H2,(H,15,16)(H,17,18)(H,19,20). The van der Waals surface area contributed by atoms with Crippen LogP contribution < -0.4 is 5.32 Å². The smallest absolute Gasteiger partial charge is 0.354 e. The molecule has 6 nitrogen and oxygen atoms in total. The van der Waals surface area contributed by atoms with E-state index in [-0.39, 0.29) is 28.5 Å². The van der Waals surface area contributed by atoms with Crippen molar-refractivity contribution in [2.24, 2.45) is 0 Å². The Labute approximate surface area is 122 Å². The molecule has 2 rings (SSSR count). The van der Waals surface area contributed by atoms with Crippen molar-refractivity contribution >= 4 is 51.7 Å². The molecule has 0 aliphatic carbocycles. The molecule has 0 spiro atoms. The van der Waals surface area contributed by atoms with Gasteiger partial charge in [-0.15, -0.1) is 0 Å². The highest BCUT2D eigenvalue weighted by atomic mass is 35.5. The van der Waals surface area contributed by atoms with E-state index < -0.39 is 11.9 Å². The minimum Gasteiger partial charge on any atom is -0.480 e. The normalized spacial score (nSPS) is 10.5. The van der Waals surface area contributed by atoms with Crippen molar-refractivity contribution in [1.82, 2.24) is 4.98 Å². The lowest BCUT2D eigenvalue weighted by molar-refractivity contribution is -0.134. The topological polar surface area (TPSA) is 99.5 Å². The maximum absolute atomic E-state index is 11.0. The van der Waals surface area contributed by atoms with Crippen LogP contribution in [0.15, 0.2) is 18.2 Å². The SMILES string of the molecule is O=C(O)CNc1cc(C(=O)O)nc2cc(Cl)cc(Cl)c12. The molecular formula is C12H8Cl2N2O4. The summed E-state index contributed by atoms with van der Waals surface area (Å²) in [7, 11) is 0. The van der Waals surface area contributed by atoms with E-state index in [9.17, 15) is 9.59 Å². The van der Waals surface area contributed by atoms with Gasteiger partial charge in [0.15, 0.2) is 5.69 Å². The summed E-state index contributed by atoms with van der Waals surface area (Å²) in [5.74, 6) is -2.32. The molecule has 0 aliphatic heterocycles. The van der Waals surface area contributed by atoms with E-state index in [1.54, 1.807) is 0 Å². The molecule has 3 N–H and O–H groups in total. The lowest BCUT2D eigenvalue weighted by Crippen LogP contribution is -2.13. The van der Waals surface area contributed by atoms with Crippen LogP contribution in [-0.2, 0) is 4.79 Å². The summed E-state index contributed by atoms with van der Waals surface area (Å²) >= 11 is 11.9. The number of fused-ring (bicyclic) bond motifs is 1. The summed E-state index contributed by atoms with van der Waals surface area (Å²) in [5, 5.41) is 21.3. The van der Waals surface area contributed by atoms with E-state index in [0.29, 0.717) is 10.4 Å². The minimum atomic E-state index is -1.23. The van der Waals surface area contributed by atoms with Crippen LogP contribution >= 0.6 is 23.2 Å². The second kappa shape index (κ2) is 5.52. The highest BCUT2D eigenvalue weighted by Crippen LogP contribution is 2.33. The Morgan fingerprint density at radius 1 is 1.20 bits per heavy atom. The number of pyridine rings is 1. The lowest BCUT2D eigenvalue weighted by Gasteiger charge is -2.11. The summed E-state index contributed by atoms with van der Waals surface area (Å²) in [5.41, 5.74) is 0.315. The van der Waals surface area contributed by atoms with Crippen LogP contribution in [0.5, 0.6) is 0 Å². The Hall–Kier alpha value is -2.05. The highest BCUT2D eigenvalue weighted by Gasteiger charge is 2.14. The molecule has 2 aromatic rings. The van der Waals surface area contributed by atoms with Gasteiger partial charge in [-0.25, -0.2) is 9.78 Å². The monoisotopic (exact) mass is 314 g/mol. The number of carbonyl (C=O) groups is 2. The van der Waals surface area contributed by atoms with Crippen LogP contribution in [0.2, 0.25) is 10.0 Å². The Morgan fingerprint density at radius 2 is 1.90 bits per heavy atom. The highest BCUT2D eigenvalue weighted by molar-refractivity contribution is 6.39. The van der Waals surface area contributed by atoms with Gasteiger partial charge in [0.1, 0.15) is 6.54 Å². The number of nitrogens with one attached hydrogen (secondary N) is 1. The predicted molar refractivity (Wildman–Crippen MR) is 74.8 cm³/mol. The van der Waals surface area contributed by atoms with E-state index in [0.717, 1.165) is 0 Å². The largest absolute Gasteiger partial charge is 0.480 e. The van der Waals surface area contributed by atoms with Crippen LogP contribution in [0, 0.1) is 0 Å². The van der Waals surface area contributed by atoms with Crippen molar-refractivity contribution in [3.63, 3.8) is 0 Å². The zero-order valence-corrected chi connectivity index (χ0v) is 11.4. The van der Waals surface area contributed by atoms with Crippen molar-refractivity contribution in [3.8, 4) is 0 Å². The van der Waals surface area contributed by atoms with E-state index >= 15 is 0 Å². The third-order valence-corrected chi connectivity index (χ3v) is 2.99.